The largest absolute Gasteiger partial charge is 0.493 e. The minimum atomic E-state index is 0.0571. The van der Waals surface area contributed by atoms with Gasteiger partial charge in [0.25, 0.3) is 0 Å². The number of hydrogen-bond donors (Lipinski definition) is 2. The third-order valence-corrected chi connectivity index (χ3v) is 3.15. The minimum absolute atomic E-state index is 0.0571. The zero-order valence-electron chi connectivity index (χ0n) is 12.4. The van der Waals surface area contributed by atoms with Gasteiger partial charge >= 0.3 is 0 Å². The number of methoxy groups -OCH3 is 1. The molecule has 114 valence electrons. The van der Waals surface area contributed by atoms with E-state index in [1.807, 2.05) is 19.1 Å². The fourth-order valence-corrected chi connectivity index (χ4v) is 1.99. The van der Waals surface area contributed by atoms with Gasteiger partial charge in [-0.15, -0.1) is 0 Å². The Balaban J connectivity index is 2.79. The van der Waals surface area contributed by atoms with E-state index in [0.29, 0.717) is 23.1 Å². The van der Waals surface area contributed by atoms with Crippen molar-refractivity contribution >= 4 is 11.6 Å². The van der Waals surface area contributed by atoms with Crippen molar-refractivity contribution in [1.29, 1.82) is 0 Å². The average Bonchev–Trinajstić information content (AvgIpc) is 2.45. The van der Waals surface area contributed by atoms with Crippen molar-refractivity contribution in [2.45, 2.75) is 26.8 Å². The highest BCUT2D eigenvalue weighted by atomic mass is 35.5. The van der Waals surface area contributed by atoms with Crippen LogP contribution in [0.4, 0.5) is 0 Å². The Morgan fingerprint density at radius 1 is 1.40 bits per heavy atom. The number of aliphatic hydroxyl groups excluding tert-OH is 1. The maximum Gasteiger partial charge on any atom is 0.179 e. The normalized spacial score (nSPS) is 12.2. The number of halogens is 1. The summed E-state index contributed by atoms with van der Waals surface area (Å²) in [5.74, 6) is 1.21. The Hall–Kier alpha value is -0.970. The molecule has 2 N–H and O–H groups in total. The molecule has 1 rings (SSSR count). The van der Waals surface area contributed by atoms with E-state index in [4.69, 9.17) is 26.2 Å². The lowest BCUT2D eigenvalue weighted by Gasteiger charge is -2.16. The van der Waals surface area contributed by atoms with Gasteiger partial charge in [-0.1, -0.05) is 25.4 Å². The SMILES string of the molecule is CCCNCc1cc(Cl)c(OCC(C)CO)c(OC)c1. The number of benzene rings is 1. The van der Waals surface area contributed by atoms with Gasteiger partial charge in [0.05, 0.1) is 18.7 Å². The maximum atomic E-state index is 9.02. The Morgan fingerprint density at radius 2 is 2.15 bits per heavy atom. The lowest BCUT2D eigenvalue weighted by Crippen LogP contribution is -2.15. The molecule has 0 aliphatic heterocycles. The summed E-state index contributed by atoms with van der Waals surface area (Å²) in [6.45, 7) is 6.23. The molecular formula is C15H24ClNO3. The highest BCUT2D eigenvalue weighted by Gasteiger charge is 2.13. The summed E-state index contributed by atoms with van der Waals surface area (Å²) in [6.07, 6.45) is 1.09. The molecule has 0 amide bonds. The van der Waals surface area contributed by atoms with Gasteiger partial charge in [-0.2, -0.15) is 0 Å². The van der Waals surface area contributed by atoms with Gasteiger partial charge in [-0.3, -0.25) is 0 Å². The molecule has 0 spiro atoms. The Morgan fingerprint density at radius 3 is 2.75 bits per heavy atom. The summed E-state index contributed by atoms with van der Waals surface area (Å²) in [6, 6.07) is 3.80. The molecule has 0 aliphatic rings. The smallest absolute Gasteiger partial charge is 0.179 e. The van der Waals surface area contributed by atoms with Gasteiger partial charge < -0.3 is 19.9 Å². The molecule has 0 radical (unpaired) electrons. The van der Waals surface area contributed by atoms with Crippen LogP contribution in [-0.2, 0) is 6.54 Å². The summed E-state index contributed by atoms with van der Waals surface area (Å²) < 4.78 is 11.0. The standard InChI is InChI=1S/C15H24ClNO3/c1-4-5-17-8-12-6-13(16)15(14(7-12)19-3)20-10-11(2)9-18/h6-7,11,17-18H,4-5,8-10H2,1-3H3. The fourth-order valence-electron chi connectivity index (χ4n) is 1.70. The molecule has 4 nitrogen and oxygen atoms in total. The maximum absolute atomic E-state index is 9.02. The topological polar surface area (TPSA) is 50.7 Å². The quantitative estimate of drug-likeness (QED) is 0.689. The van der Waals surface area contributed by atoms with Crippen LogP contribution < -0.4 is 14.8 Å². The lowest BCUT2D eigenvalue weighted by atomic mass is 10.2. The Bertz CT molecular complexity index is 412. The zero-order chi connectivity index (χ0) is 15.0. The van der Waals surface area contributed by atoms with Crippen LogP contribution in [0, 0.1) is 5.92 Å². The van der Waals surface area contributed by atoms with Crippen LogP contribution in [0.1, 0.15) is 25.8 Å². The first-order valence-corrected chi connectivity index (χ1v) is 7.30. The van der Waals surface area contributed by atoms with Crippen LogP contribution in [0.3, 0.4) is 0 Å². The van der Waals surface area contributed by atoms with Crippen molar-refractivity contribution in [1.82, 2.24) is 5.32 Å². The van der Waals surface area contributed by atoms with Crippen LogP contribution in [-0.4, -0.2) is 32.0 Å². The fraction of sp³-hybridized carbons (Fsp3) is 0.600. The number of aliphatic hydroxyl groups is 1. The van der Waals surface area contributed by atoms with E-state index in [9.17, 15) is 0 Å². The summed E-state index contributed by atoms with van der Waals surface area (Å²) in [5, 5.41) is 12.9. The monoisotopic (exact) mass is 301 g/mol. The van der Waals surface area contributed by atoms with Crippen LogP contribution in [0.2, 0.25) is 5.02 Å². The van der Waals surface area contributed by atoms with Gasteiger partial charge in [0.2, 0.25) is 0 Å². The molecule has 5 heteroatoms. The first-order chi connectivity index (χ1) is 9.62. The van der Waals surface area contributed by atoms with Crippen molar-refractivity contribution in [3.05, 3.63) is 22.7 Å². The minimum Gasteiger partial charge on any atom is -0.493 e. The molecule has 0 fully saturated rings. The number of hydrogen-bond acceptors (Lipinski definition) is 4. The van der Waals surface area contributed by atoms with E-state index in [0.717, 1.165) is 25.1 Å². The number of nitrogens with one attached hydrogen (secondary N) is 1. The molecule has 20 heavy (non-hydrogen) atoms. The number of rotatable bonds is 9. The van der Waals surface area contributed by atoms with Crippen LogP contribution in [0.25, 0.3) is 0 Å². The zero-order valence-corrected chi connectivity index (χ0v) is 13.2. The van der Waals surface area contributed by atoms with Crippen molar-refractivity contribution in [2.75, 3.05) is 26.9 Å². The average molecular weight is 302 g/mol. The number of ether oxygens (including phenoxy) is 2. The van der Waals surface area contributed by atoms with Gasteiger partial charge in [0, 0.05) is 19.1 Å². The molecule has 0 saturated heterocycles. The predicted molar refractivity (Wildman–Crippen MR) is 81.7 cm³/mol. The third-order valence-electron chi connectivity index (χ3n) is 2.87. The van der Waals surface area contributed by atoms with Gasteiger partial charge in [0.1, 0.15) is 0 Å². The molecule has 1 aromatic carbocycles. The predicted octanol–water partition coefficient (Wildman–Crippen LogP) is 2.86. The molecular weight excluding hydrogens is 278 g/mol. The molecule has 0 saturated carbocycles. The van der Waals surface area contributed by atoms with E-state index in [2.05, 4.69) is 12.2 Å². The van der Waals surface area contributed by atoms with Crippen LogP contribution in [0.5, 0.6) is 11.5 Å². The first kappa shape index (κ1) is 17.1. The highest BCUT2D eigenvalue weighted by Crippen LogP contribution is 2.36. The van der Waals surface area contributed by atoms with Gasteiger partial charge in [-0.05, 0) is 30.7 Å². The van der Waals surface area contributed by atoms with E-state index in [1.165, 1.54) is 0 Å². The molecule has 1 aromatic rings. The molecule has 0 heterocycles. The van der Waals surface area contributed by atoms with Crippen LogP contribution >= 0.6 is 11.6 Å². The molecule has 1 unspecified atom stereocenters. The second kappa shape index (κ2) is 9.06. The summed E-state index contributed by atoms with van der Waals surface area (Å²) in [5.41, 5.74) is 1.06. The molecule has 0 aliphatic carbocycles. The van der Waals surface area contributed by atoms with Crippen molar-refractivity contribution in [3.8, 4) is 11.5 Å². The van der Waals surface area contributed by atoms with E-state index in [-0.39, 0.29) is 12.5 Å². The lowest BCUT2D eigenvalue weighted by molar-refractivity contribution is 0.171. The highest BCUT2D eigenvalue weighted by molar-refractivity contribution is 6.32. The van der Waals surface area contributed by atoms with Crippen molar-refractivity contribution in [3.63, 3.8) is 0 Å². The Kier molecular flexibility index (Phi) is 7.73. The summed E-state index contributed by atoms with van der Waals surface area (Å²) in [7, 11) is 1.59. The van der Waals surface area contributed by atoms with Crippen LogP contribution in [0.15, 0.2) is 12.1 Å². The first-order valence-electron chi connectivity index (χ1n) is 6.93. The van der Waals surface area contributed by atoms with E-state index in [1.54, 1.807) is 7.11 Å². The van der Waals surface area contributed by atoms with E-state index < -0.39 is 0 Å². The van der Waals surface area contributed by atoms with Crippen molar-refractivity contribution in [2.24, 2.45) is 5.92 Å². The molecule has 0 aromatic heterocycles. The molecule has 0 bridgehead atoms. The molecule has 1 atom stereocenters. The second-order valence-corrected chi connectivity index (χ2v) is 5.29. The summed E-state index contributed by atoms with van der Waals surface area (Å²) >= 11 is 6.26. The summed E-state index contributed by atoms with van der Waals surface area (Å²) in [4.78, 5) is 0. The second-order valence-electron chi connectivity index (χ2n) is 4.88. The van der Waals surface area contributed by atoms with Crippen molar-refractivity contribution < 1.29 is 14.6 Å². The Labute approximate surface area is 126 Å². The third kappa shape index (κ3) is 5.19. The van der Waals surface area contributed by atoms with Gasteiger partial charge in [-0.25, -0.2) is 0 Å². The van der Waals surface area contributed by atoms with E-state index >= 15 is 0 Å². The van der Waals surface area contributed by atoms with Gasteiger partial charge in [0.15, 0.2) is 11.5 Å².